The molecule has 0 saturated carbocycles. The number of hydrogen-bond acceptors (Lipinski definition) is 9. The van der Waals surface area contributed by atoms with Crippen LogP contribution in [0.25, 0.3) is 33.4 Å². The molecular formula is C41H39N3O10. The molecule has 5 N–H and O–H groups in total. The summed E-state index contributed by atoms with van der Waals surface area (Å²) in [5.74, 6) is -2.61. The maximum absolute atomic E-state index is 13.0. The lowest BCUT2D eigenvalue weighted by Crippen LogP contribution is -2.62. The highest BCUT2D eigenvalue weighted by Crippen LogP contribution is 2.42. The van der Waals surface area contributed by atoms with Gasteiger partial charge in [0.25, 0.3) is 0 Å². The lowest BCUT2D eigenvalue weighted by molar-refractivity contribution is -0.176. The Kier molecular flexibility index (Phi) is 11.4. The van der Waals surface area contributed by atoms with Crippen molar-refractivity contribution < 1.29 is 43.3 Å². The number of carboxylic acids is 1. The monoisotopic (exact) mass is 733 g/mol. The molecule has 2 heterocycles. The molecule has 0 radical (unpaired) electrons. The first kappa shape index (κ1) is 37.3. The number of carbonyl (C=O) groups is 5. The summed E-state index contributed by atoms with van der Waals surface area (Å²) in [5.41, 5.74) is 2.65. The molecule has 54 heavy (non-hydrogen) atoms. The fraction of sp³-hybridized carbons (Fsp3) is 0.268. The topological polar surface area (TPSA) is 201 Å². The smallest absolute Gasteiger partial charge is 0.336 e. The molecule has 0 spiro atoms. The van der Waals surface area contributed by atoms with Crippen LogP contribution in [-0.4, -0.2) is 64.6 Å². The Morgan fingerprint density at radius 2 is 1.61 bits per heavy atom. The molecule has 1 saturated heterocycles. The Balaban J connectivity index is 1.02. The van der Waals surface area contributed by atoms with E-state index >= 15 is 0 Å². The number of phenols is 1. The molecule has 1 unspecified atom stereocenters. The average Bonchev–Trinajstić information content (AvgIpc) is 3.14. The first-order chi connectivity index (χ1) is 26.0. The van der Waals surface area contributed by atoms with Crippen molar-refractivity contribution in [3.8, 4) is 28.2 Å². The van der Waals surface area contributed by atoms with Crippen molar-refractivity contribution >= 4 is 40.6 Å². The number of benzene rings is 4. The number of aromatic hydroxyl groups is 1. The zero-order valence-corrected chi connectivity index (χ0v) is 29.4. The lowest BCUT2D eigenvalue weighted by atomic mass is 9.89. The zero-order valence-electron chi connectivity index (χ0n) is 29.4. The van der Waals surface area contributed by atoms with Gasteiger partial charge >= 0.3 is 11.9 Å². The summed E-state index contributed by atoms with van der Waals surface area (Å²) in [6.07, 6.45) is 1.65. The highest BCUT2D eigenvalue weighted by Gasteiger charge is 2.41. The van der Waals surface area contributed by atoms with Crippen LogP contribution in [0.15, 0.2) is 94.1 Å². The normalized spacial score (nSPS) is 15.5. The largest absolute Gasteiger partial charge is 0.508 e. The molecule has 1 aliphatic carbocycles. The number of unbranched alkanes of at least 4 members (excludes halogenated alkanes) is 2. The molecule has 0 bridgehead atoms. The van der Waals surface area contributed by atoms with Crippen molar-refractivity contribution in [1.29, 1.82) is 0 Å². The van der Waals surface area contributed by atoms with Crippen LogP contribution in [0, 0.1) is 0 Å². The standard InChI is InChI=1S/C41H39N3O10/c1-23-38(41(52)53-23)44-39(49)32(19-24-8-4-2-5-9-24)43-35(47)10-6-3-7-17-42-36(48)20-25-11-14-28(31(18-25)40(50)51)37-29-15-12-26(45)21-33(29)54-34-22-27(46)13-16-30(34)37/h2,4-5,8-9,11-16,18,21-23,32,38,45H,3,6-7,10,17,19-20H2,1H3,(H,42,48)(H,43,47)(H,44,49)(H,50,51)/t23-,32?,38+/m1/s1. The van der Waals surface area contributed by atoms with Gasteiger partial charge in [-0.05, 0) is 66.8 Å². The number of aromatic carboxylic acids is 1. The molecule has 3 aromatic rings. The number of carboxylic acid groups (broad SMARTS) is 1. The highest BCUT2D eigenvalue weighted by molar-refractivity contribution is 6.07. The van der Waals surface area contributed by atoms with Crippen molar-refractivity contribution in [1.82, 2.24) is 16.0 Å². The van der Waals surface area contributed by atoms with Crippen molar-refractivity contribution in [2.75, 3.05) is 6.54 Å². The van der Waals surface area contributed by atoms with E-state index in [1.165, 1.54) is 30.3 Å². The first-order valence-electron chi connectivity index (χ1n) is 17.6. The van der Waals surface area contributed by atoms with Gasteiger partial charge < -0.3 is 35.3 Å². The highest BCUT2D eigenvalue weighted by atomic mass is 16.6. The van der Waals surface area contributed by atoms with Crippen LogP contribution in [0.3, 0.4) is 0 Å². The summed E-state index contributed by atoms with van der Waals surface area (Å²) < 4.78 is 10.8. The molecule has 3 atom stereocenters. The zero-order chi connectivity index (χ0) is 38.4. The minimum absolute atomic E-state index is 0.0461. The number of hydrogen-bond donors (Lipinski definition) is 5. The van der Waals surface area contributed by atoms with Crippen molar-refractivity contribution in [3.63, 3.8) is 0 Å². The van der Waals surface area contributed by atoms with Crippen LogP contribution in [0.1, 0.15) is 54.1 Å². The van der Waals surface area contributed by atoms with E-state index in [1.54, 1.807) is 31.2 Å². The predicted octanol–water partition coefficient (Wildman–Crippen LogP) is 4.35. The predicted molar refractivity (Wildman–Crippen MR) is 198 cm³/mol. The SMILES string of the molecule is C[C@H]1OC(=O)[C@H]1NC(=O)C(Cc1ccccc1)NC(=O)CCCCCNC(=O)Cc1ccc(-c2c3ccc(=O)cc-3oc3cc(O)ccc23)c(C(=O)O)c1. The van der Waals surface area contributed by atoms with E-state index in [-0.39, 0.29) is 59.2 Å². The van der Waals surface area contributed by atoms with Crippen molar-refractivity contribution in [2.45, 2.75) is 63.6 Å². The second-order valence-corrected chi connectivity index (χ2v) is 13.3. The molecule has 278 valence electrons. The first-order valence-corrected chi connectivity index (χ1v) is 17.6. The summed E-state index contributed by atoms with van der Waals surface area (Å²) in [7, 11) is 0. The number of fused-ring (bicyclic) bond motifs is 2. The van der Waals surface area contributed by atoms with Crippen molar-refractivity contribution in [3.05, 3.63) is 112 Å². The second kappa shape index (κ2) is 16.4. The average molecular weight is 734 g/mol. The molecule has 3 aliphatic rings. The molecular weight excluding hydrogens is 694 g/mol. The molecule has 3 aromatic carbocycles. The third-order valence-corrected chi connectivity index (χ3v) is 9.29. The van der Waals surface area contributed by atoms with Gasteiger partial charge in [-0.2, -0.15) is 0 Å². The van der Waals surface area contributed by atoms with Gasteiger partial charge in [-0.3, -0.25) is 19.2 Å². The van der Waals surface area contributed by atoms with E-state index in [9.17, 15) is 39.0 Å². The number of cyclic esters (lactones) is 1. The Labute approximate surface area is 309 Å². The van der Waals surface area contributed by atoms with E-state index in [2.05, 4.69) is 16.0 Å². The Bertz CT molecular complexity index is 2250. The molecule has 13 heteroatoms. The van der Waals surface area contributed by atoms with Crippen LogP contribution < -0.4 is 21.4 Å². The van der Waals surface area contributed by atoms with Gasteiger partial charge in [0.05, 0.1) is 12.0 Å². The number of rotatable bonds is 15. The summed E-state index contributed by atoms with van der Waals surface area (Å²) in [6.45, 7) is 2.03. The molecule has 3 amide bonds. The van der Waals surface area contributed by atoms with Gasteiger partial charge in [-0.25, -0.2) is 9.59 Å². The summed E-state index contributed by atoms with van der Waals surface area (Å²) in [6, 6.07) is 21.1. The van der Waals surface area contributed by atoms with Crippen LogP contribution >= 0.6 is 0 Å². The molecule has 13 nitrogen and oxygen atoms in total. The maximum atomic E-state index is 13.0. The van der Waals surface area contributed by atoms with E-state index < -0.39 is 36.0 Å². The quantitative estimate of drug-likeness (QED) is 0.0585. The Hall–Kier alpha value is -6.50. The third-order valence-electron chi connectivity index (χ3n) is 9.29. The summed E-state index contributed by atoms with van der Waals surface area (Å²) in [5, 5.41) is 29.1. The van der Waals surface area contributed by atoms with Gasteiger partial charge in [-0.15, -0.1) is 0 Å². The van der Waals surface area contributed by atoms with E-state index in [1.807, 2.05) is 30.3 Å². The number of esters is 1. The number of ether oxygens (including phenoxy) is 1. The van der Waals surface area contributed by atoms with Crippen LogP contribution in [0.4, 0.5) is 0 Å². The molecule has 2 aliphatic heterocycles. The van der Waals surface area contributed by atoms with Crippen LogP contribution in [0.5, 0.6) is 5.75 Å². The number of amides is 3. The van der Waals surface area contributed by atoms with E-state index in [0.717, 1.165) is 5.56 Å². The number of phenolic OH excluding ortho intramolecular Hbond substituents is 1. The van der Waals surface area contributed by atoms with Gasteiger partial charge in [0.1, 0.15) is 29.2 Å². The fourth-order valence-electron chi connectivity index (χ4n) is 6.51. The van der Waals surface area contributed by atoms with E-state index in [0.29, 0.717) is 53.4 Å². The molecule has 1 fully saturated rings. The summed E-state index contributed by atoms with van der Waals surface area (Å²) in [4.78, 5) is 75.0. The third kappa shape index (κ3) is 8.75. The minimum Gasteiger partial charge on any atom is -0.508 e. The maximum Gasteiger partial charge on any atom is 0.336 e. The Morgan fingerprint density at radius 3 is 2.35 bits per heavy atom. The number of carbonyl (C=O) groups excluding carboxylic acids is 4. The van der Waals surface area contributed by atoms with Crippen LogP contribution in [0.2, 0.25) is 0 Å². The Morgan fingerprint density at radius 1 is 0.833 bits per heavy atom. The second-order valence-electron chi connectivity index (χ2n) is 13.3. The van der Waals surface area contributed by atoms with Gasteiger partial charge in [-0.1, -0.05) is 48.9 Å². The van der Waals surface area contributed by atoms with Crippen molar-refractivity contribution in [2.24, 2.45) is 0 Å². The van der Waals surface area contributed by atoms with Gasteiger partial charge in [0.2, 0.25) is 17.7 Å². The van der Waals surface area contributed by atoms with E-state index in [4.69, 9.17) is 9.15 Å². The van der Waals surface area contributed by atoms with Gasteiger partial charge in [0, 0.05) is 48.0 Å². The van der Waals surface area contributed by atoms with Gasteiger partial charge in [0.15, 0.2) is 11.5 Å². The fourth-order valence-corrected chi connectivity index (χ4v) is 6.51. The molecule has 6 rings (SSSR count). The number of nitrogens with one attached hydrogen (secondary N) is 3. The summed E-state index contributed by atoms with van der Waals surface area (Å²) >= 11 is 0. The minimum atomic E-state index is -1.21. The molecule has 0 aromatic heterocycles. The van der Waals surface area contributed by atoms with Crippen LogP contribution in [-0.2, 0) is 36.8 Å². The lowest BCUT2D eigenvalue weighted by Gasteiger charge is -2.33.